The van der Waals surface area contributed by atoms with Crippen LogP contribution in [0.1, 0.15) is 0 Å². The van der Waals surface area contributed by atoms with Crippen LogP contribution in [-0.2, 0) is 0 Å². The molecule has 76 valence electrons. The molecule has 3 atom stereocenters. The lowest BCUT2D eigenvalue weighted by Crippen LogP contribution is -2.41. The topological polar surface area (TPSA) is 101 Å². The first-order valence-electron chi connectivity index (χ1n) is 3.03. The van der Waals surface area contributed by atoms with Gasteiger partial charge in [0.2, 0.25) is 0 Å². The molecule has 12 heavy (non-hydrogen) atoms. The molecule has 0 rings (SSSR count). The van der Waals surface area contributed by atoms with E-state index in [-0.39, 0.29) is 0 Å². The minimum atomic E-state index is -1.49. The first-order chi connectivity index (χ1) is 5.63. The highest BCUT2D eigenvalue weighted by Crippen LogP contribution is 1.97. The first-order valence-corrected chi connectivity index (χ1v) is 4.18. The maximum atomic E-state index is 8.77. The Balaban J connectivity index is 0. The minimum absolute atomic E-state index is 0.641. The SMILES string of the molecule is ClCl.OC[C@@H](O)C(O)[C@@H](O)CO. The maximum Gasteiger partial charge on any atom is 0.110 e. The van der Waals surface area contributed by atoms with Crippen LogP contribution >= 0.6 is 21.7 Å². The fraction of sp³-hybridized carbons (Fsp3) is 1.00. The minimum Gasteiger partial charge on any atom is -0.394 e. The van der Waals surface area contributed by atoms with Gasteiger partial charge in [-0.3, -0.25) is 0 Å². The van der Waals surface area contributed by atoms with Crippen LogP contribution in [0, 0.1) is 0 Å². The van der Waals surface area contributed by atoms with Crippen LogP contribution in [0.2, 0.25) is 0 Å². The van der Waals surface area contributed by atoms with Crippen molar-refractivity contribution in [2.24, 2.45) is 0 Å². The molecule has 0 heterocycles. The third-order valence-corrected chi connectivity index (χ3v) is 1.16. The summed E-state index contributed by atoms with van der Waals surface area (Å²) >= 11 is 0. The van der Waals surface area contributed by atoms with Crippen LogP contribution in [-0.4, -0.2) is 57.1 Å². The number of aliphatic hydroxyl groups is 5. The fourth-order valence-electron chi connectivity index (χ4n) is 0.472. The molecule has 0 fully saturated rings. The van der Waals surface area contributed by atoms with E-state index in [4.69, 9.17) is 25.5 Å². The van der Waals surface area contributed by atoms with E-state index in [1.807, 2.05) is 0 Å². The predicted octanol–water partition coefficient (Wildman–Crippen LogP) is -1.57. The average Bonchev–Trinajstić information content (AvgIpc) is 2.17. The molecule has 0 aliphatic heterocycles. The monoisotopic (exact) mass is 222 g/mol. The van der Waals surface area contributed by atoms with Crippen LogP contribution < -0.4 is 0 Å². The van der Waals surface area contributed by atoms with E-state index in [2.05, 4.69) is 21.7 Å². The van der Waals surface area contributed by atoms with Gasteiger partial charge >= 0.3 is 0 Å². The lowest BCUT2D eigenvalue weighted by atomic mass is 10.1. The summed E-state index contributed by atoms with van der Waals surface area (Å²) in [7, 11) is 8.22. The quantitative estimate of drug-likeness (QED) is 0.396. The lowest BCUT2D eigenvalue weighted by Gasteiger charge is -2.19. The highest BCUT2D eigenvalue weighted by Gasteiger charge is 2.22. The molecule has 5 N–H and O–H groups in total. The van der Waals surface area contributed by atoms with E-state index in [0.717, 1.165) is 0 Å². The van der Waals surface area contributed by atoms with Crippen molar-refractivity contribution >= 4 is 21.7 Å². The second-order valence-corrected chi connectivity index (χ2v) is 1.99. The Bertz CT molecular complexity index is 83.9. The van der Waals surface area contributed by atoms with Gasteiger partial charge in [0.1, 0.15) is 18.3 Å². The van der Waals surface area contributed by atoms with Gasteiger partial charge in [0.05, 0.1) is 13.2 Å². The fourth-order valence-corrected chi connectivity index (χ4v) is 0.472. The zero-order valence-corrected chi connectivity index (χ0v) is 7.65. The van der Waals surface area contributed by atoms with Crippen molar-refractivity contribution in [1.29, 1.82) is 0 Å². The van der Waals surface area contributed by atoms with Crippen molar-refractivity contribution in [2.45, 2.75) is 18.3 Å². The van der Waals surface area contributed by atoms with E-state index >= 15 is 0 Å². The molecule has 0 saturated heterocycles. The maximum absolute atomic E-state index is 8.77. The molecule has 0 aliphatic carbocycles. The molecule has 0 aliphatic rings. The Morgan fingerprint density at radius 3 is 1.25 bits per heavy atom. The highest BCUT2D eigenvalue weighted by molar-refractivity contribution is 6.85. The molecule has 0 amide bonds. The van der Waals surface area contributed by atoms with Crippen LogP contribution in [0.15, 0.2) is 0 Å². The smallest absolute Gasteiger partial charge is 0.110 e. The third kappa shape index (κ3) is 5.96. The van der Waals surface area contributed by atoms with Gasteiger partial charge in [-0.05, 0) is 0 Å². The Kier molecular flexibility index (Phi) is 11.7. The van der Waals surface area contributed by atoms with E-state index < -0.39 is 31.5 Å². The van der Waals surface area contributed by atoms with Crippen LogP contribution in [0.25, 0.3) is 0 Å². The van der Waals surface area contributed by atoms with Crippen molar-refractivity contribution in [3.05, 3.63) is 0 Å². The van der Waals surface area contributed by atoms with E-state index in [1.54, 1.807) is 0 Å². The standard InChI is InChI=1S/C5H12O5.Cl2/c6-1-3(8)5(10)4(9)2-7;1-2/h3-10H,1-2H2;/t3-,4+,5?;. The summed E-state index contributed by atoms with van der Waals surface area (Å²) < 4.78 is 0. The van der Waals surface area contributed by atoms with Gasteiger partial charge in [0.25, 0.3) is 0 Å². The van der Waals surface area contributed by atoms with Crippen LogP contribution in [0.4, 0.5) is 0 Å². The summed E-state index contributed by atoms with van der Waals surface area (Å²) in [4.78, 5) is 0. The van der Waals surface area contributed by atoms with Gasteiger partial charge in [0.15, 0.2) is 0 Å². The molecule has 5 nitrogen and oxygen atoms in total. The van der Waals surface area contributed by atoms with Gasteiger partial charge < -0.3 is 25.5 Å². The number of halogens is 2. The summed E-state index contributed by atoms with van der Waals surface area (Å²) in [6.07, 6.45) is -4.29. The molecule has 0 saturated carbocycles. The van der Waals surface area contributed by atoms with E-state index in [0.29, 0.717) is 0 Å². The van der Waals surface area contributed by atoms with Crippen molar-refractivity contribution in [3.8, 4) is 0 Å². The Morgan fingerprint density at radius 1 is 0.833 bits per heavy atom. The van der Waals surface area contributed by atoms with Crippen molar-refractivity contribution in [2.75, 3.05) is 13.2 Å². The summed E-state index contributed by atoms with van der Waals surface area (Å²) in [6, 6.07) is 0. The van der Waals surface area contributed by atoms with Gasteiger partial charge in [-0.15, -0.1) is 0 Å². The van der Waals surface area contributed by atoms with E-state index in [1.165, 1.54) is 0 Å². The lowest BCUT2D eigenvalue weighted by molar-refractivity contribution is -0.0900. The zero-order chi connectivity index (χ0) is 10.1. The molecule has 1 unspecified atom stereocenters. The van der Waals surface area contributed by atoms with Gasteiger partial charge in [0, 0.05) is 21.7 Å². The predicted molar refractivity (Wildman–Crippen MR) is 43.9 cm³/mol. The number of aliphatic hydroxyl groups excluding tert-OH is 5. The summed E-state index contributed by atoms with van der Waals surface area (Å²) in [5.41, 5.74) is 0. The second kappa shape index (κ2) is 9.47. The van der Waals surface area contributed by atoms with Gasteiger partial charge in [-0.2, -0.15) is 0 Å². The van der Waals surface area contributed by atoms with E-state index in [9.17, 15) is 0 Å². The number of hydrogen-bond acceptors (Lipinski definition) is 5. The normalized spacial score (nSPS) is 17.2. The Hall–Kier alpha value is 0.380. The molecular formula is C5H12Cl2O5. The van der Waals surface area contributed by atoms with Crippen molar-refractivity contribution < 1.29 is 25.5 Å². The molecule has 0 aromatic carbocycles. The molecule has 0 spiro atoms. The van der Waals surface area contributed by atoms with Crippen molar-refractivity contribution in [3.63, 3.8) is 0 Å². The second-order valence-electron chi connectivity index (χ2n) is 1.99. The first kappa shape index (κ1) is 14.9. The Labute approximate surface area is 79.4 Å². The summed E-state index contributed by atoms with van der Waals surface area (Å²) in [5, 5.41) is 42.6. The molecule has 7 heteroatoms. The van der Waals surface area contributed by atoms with Gasteiger partial charge in [-0.1, -0.05) is 0 Å². The third-order valence-electron chi connectivity index (χ3n) is 1.16. The molecular weight excluding hydrogens is 211 g/mol. The highest BCUT2D eigenvalue weighted by atomic mass is 36.5. The largest absolute Gasteiger partial charge is 0.394 e. The average molecular weight is 223 g/mol. The summed E-state index contributed by atoms with van der Waals surface area (Å²) in [5.74, 6) is 0. The number of rotatable bonds is 4. The van der Waals surface area contributed by atoms with Crippen LogP contribution in [0.3, 0.4) is 0 Å². The van der Waals surface area contributed by atoms with Gasteiger partial charge in [-0.25, -0.2) is 0 Å². The molecule has 0 bridgehead atoms. The number of hydrogen-bond donors (Lipinski definition) is 5. The Morgan fingerprint density at radius 2 is 1.08 bits per heavy atom. The summed E-state index contributed by atoms with van der Waals surface area (Å²) in [6.45, 7) is -1.28. The van der Waals surface area contributed by atoms with Crippen LogP contribution in [0.5, 0.6) is 0 Å². The molecule has 0 aromatic heterocycles. The molecule has 0 aromatic rings. The van der Waals surface area contributed by atoms with Crippen molar-refractivity contribution in [1.82, 2.24) is 0 Å². The molecule has 0 radical (unpaired) electrons. The zero-order valence-electron chi connectivity index (χ0n) is 6.14.